The van der Waals surface area contributed by atoms with Crippen molar-refractivity contribution in [2.45, 2.75) is 25.8 Å². The number of hydrogen-bond donors (Lipinski definition) is 1. The Kier molecular flexibility index (Phi) is 3.92. The third-order valence-corrected chi connectivity index (χ3v) is 4.60. The quantitative estimate of drug-likeness (QED) is 0.904. The Bertz CT molecular complexity index is 513. The molecule has 4 nitrogen and oxygen atoms in total. The second-order valence-corrected chi connectivity index (χ2v) is 6.79. The summed E-state index contributed by atoms with van der Waals surface area (Å²) in [4.78, 5) is 0. The second kappa shape index (κ2) is 5.28. The SMILES string of the molecule is CCc1cccc(N[C@H]2CCN(S(C)(=O)=O)C2)c1. The van der Waals surface area contributed by atoms with Gasteiger partial charge in [-0.3, -0.25) is 0 Å². The molecule has 0 bridgehead atoms. The first-order chi connectivity index (χ1) is 8.49. The van der Waals surface area contributed by atoms with E-state index in [1.54, 1.807) is 0 Å². The fourth-order valence-corrected chi connectivity index (χ4v) is 3.15. The largest absolute Gasteiger partial charge is 0.381 e. The van der Waals surface area contributed by atoms with Crippen LogP contribution in [0, 0.1) is 0 Å². The highest BCUT2D eigenvalue weighted by Gasteiger charge is 2.28. The summed E-state index contributed by atoms with van der Waals surface area (Å²) in [6.07, 6.45) is 3.14. The highest BCUT2D eigenvalue weighted by molar-refractivity contribution is 7.88. The molecule has 0 spiro atoms. The first-order valence-electron chi connectivity index (χ1n) is 6.29. The highest BCUT2D eigenvalue weighted by Crippen LogP contribution is 2.18. The maximum atomic E-state index is 11.4. The maximum Gasteiger partial charge on any atom is 0.211 e. The molecule has 0 radical (unpaired) electrons. The fourth-order valence-electron chi connectivity index (χ4n) is 2.26. The first-order valence-corrected chi connectivity index (χ1v) is 8.14. The predicted molar refractivity (Wildman–Crippen MR) is 74.3 cm³/mol. The molecule has 2 rings (SSSR count). The van der Waals surface area contributed by atoms with Crippen LogP contribution in [0.4, 0.5) is 5.69 Å². The molecule has 0 aromatic heterocycles. The van der Waals surface area contributed by atoms with Gasteiger partial charge in [0.05, 0.1) is 6.26 Å². The van der Waals surface area contributed by atoms with Crippen LogP contribution in [0.5, 0.6) is 0 Å². The van der Waals surface area contributed by atoms with Gasteiger partial charge in [-0.2, -0.15) is 0 Å². The van der Waals surface area contributed by atoms with E-state index in [0.717, 1.165) is 18.5 Å². The Labute approximate surface area is 109 Å². The monoisotopic (exact) mass is 268 g/mol. The van der Waals surface area contributed by atoms with E-state index in [-0.39, 0.29) is 6.04 Å². The van der Waals surface area contributed by atoms with E-state index >= 15 is 0 Å². The number of sulfonamides is 1. The van der Waals surface area contributed by atoms with Crippen LogP contribution in [-0.2, 0) is 16.4 Å². The Hall–Kier alpha value is -1.07. The maximum absolute atomic E-state index is 11.4. The van der Waals surface area contributed by atoms with Gasteiger partial charge in [0.1, 0.15) is 0 Å². The Morgan fingerprint density at radius 1 is 1.44 bits per heavy atom. The number of hydrogen-bond acceptors (Lipinski definition) is 3. The summed E-state index contributed by atoms with van der Waals surface area (Å²) in [6.45, 7) is 3.30. The average Bonchev–Trinajstić information content (AvgIpc) is 2.77. The number of benzene rings is 1. The number of nitrogens with one attached hydrogen (secondary N) is 1. The summed E-state index contributed by atoms with van der Waals surface area (Å²) >= 11 is 0. The Morgan fingerprint density at radius 3 is 2.83 bits per heavy atom. The standard InChI is InChI=1S/C13H20N2O2S/c1-3-11-5-4-6-12(9-11)14-13-7-8-15(10-13)18(2,16)17/h4-6,9,13-14H,3,7-8,10H2,1-2H3/t13-/m0/s1. The van der Waals surface area contributed by atoms with Crippen molar-refractivity contribution >= 4 is 15.7 Å². The molecule has 1 N–H and O–H groups in total. The summed E-state index contributed by atoms with van der Waals surface area (Å²) in [7, 11) is -3.05. The minimum atomic E-state index is -3.05. The molecule has 1 fully saturated rings. The van der Waals surface area contributed by atoms with Gasteiger partial charge in [0.2, 0.25) is 10.0 Å². The van der Waals surface area contributed by atoms with Gasteiger partial charge in [-0.25, -0.2) is 12.7 Å². The van der Waals surface area contributed by atoms with E-state index in [1.165, 1.54) is 16.1 Å². The zero-order valence-corrected chi connectivity index (χ0v) is 11.7. The summed E-state index contributed by atoms with van der Waals surface area (Å²) in [5, 5.41) is 3.41. The predicted octanol–water partition coefficient (Wildman–Crippen LogP) is 1.69. The molecule has 1 aliphatic rings. The van der Waals surface area contributed by atoms with Crippen molar-refractivity contribution in [3.8, 4) is 0 Å². The van der Waals surface area contributed by atoms with Crippen molar-refractivity contribution in [2.24, 2.45) is 0 Å². The molecule has 5 heteroatoms. The fraction of sp³-hybridized carbons (Fsp3) is 0.538. The normalized spacial score (nSPS) is 21.1. The molecule has 1 aliphatic heterocycles. The molecule has 0 unspecified atom stereocenters. The lowest BCUT2D eigenvalue weighted by atomic mass is 10.1. The van der Waals surface area contributed by atoms with Gasteiger partial charge < -0.3 is 5.32 Å². The van der Waals surface area contributed by atoms with E-state index in [9.17, 15) is 8.42 Å². The molecule has 1 aromatic carbocycles. The van der Waals surface area contributed by atoms with Crippen LogP contribution in [0.1, 0.15) is 18.9 Å². The molecule has 1 saturated heterocycles. The number of anilines is 1. The van der Waals surface area contributed by atoms with E-state index in [2.05, 4.69) is 24.4 Å². The minimum absolute atomic E-state index is 0.215. The first kappa shape index (κ1) is 13.4. The summed E-state index contributed by atoms with van der Waals surface area (Å²) < 4.78 is 24.4. The van der Waals surface area contributed by atoms with E-state index < -0.39 is 10.0 Å². The lowest BCUT2D eigenvalue weighted by Gasteiger charge is -2.16. The van der Waals surface area contributed by atoms with Gasteiger partial charge in [-0.1, -0.05) is 19.1 Å². The topological polar surface area (TPSA) is 49.4 Å². The minimum Gasteiger partial charge on any atom is -0.381 e. The molecule has 0 aliphatic carbocycles. The van der Waals surface area contributed by atoms with Gasteiger partial charge in [-0.05, 0) is 30.5 Å². The molecular formula is C13H20N2O2S. The molecule has 18 heavy (non-hydrogen) atoms. The van der Waals surface area contributed by atoms with Crippen molar-refractivity contribution < 1.29 is 8.42 Å². The zero-order chi connectivity index (χ0) is 13.2. The summed E-state index contributed by atoms with van der Waals surface area (Å²) in [5.74, 6) is 0. The smallest absolute Gasteiger partial charge is 0.211 e. The lowest BCUT2D eigenvalue weighted by Crippen LogP contribution is -2.30. The second-order valence-electron chi connectivity index (χ2n) is 4.80. The van der Waals surface area contributed by atoms with Gasteiger partial charge in [0, 0.05) is 24.8 Å². The van der Waals surface area contributed by atoms with Gasteiger partial charge in [-0.15, -0.1) is 0 Å². The van der Waals surface area contributed by atoms with Gasteiger partial charge in [0.25, 0.3) is 0 Å². The Balaban J connectivity index is 1.99. The van der Waals surface area contributed by atoms with Crippen LogP contribution in [0.3, 0.4) is 0 Å². The van der Waals surface area contributed by atoms with Crippen LogP contribution in [0.25, 0.3) is 0 Å². The van der Waals surface area contributed by atoms with Crippen molar-refractivity contribution in [2.75, 3.05) is 24.7 Å². The van der Waals surface area contributed by atoms with E-state index in [1.807, 2.05) is 12.1 Å². The highest BCUT2D eigenvalue weighted by atomic mass is 32.2. The van der Waals surface area contributed by atoms with Crippen LogP contribution in [-0.4, -0.2) is 38.1 Å². The third-order valence-electron chi connectivity index (χ3n) is 3.33. The van der Waals surface area contributed by atoms with Gasteiger partial charge >= 0.3 is 0 Å². The van der Waals surface area contributed by atoms with E-state index in [4.69, 9.17) is 0 Å². The van der Waals surface area contributed by atoms with Crippen molar-refractivity contribution in [1.82, 2.24) is 4.31 Å². The summed E-state index contributed by atoms with van der Waals surface area (Å²) in [5.41, 5.74) is 2.37. The molecule has 100 valence electrons. The van der Waals surface area contributed by atoms with Crippen LogP contribution in [0.2, 0.25) is 0 Å². The molecule has 0 amide bonds. The van der Waals surface area contributed by atoms with Crippen LogP contribution < -0.4 is 5.32 Å². The molecule has 1 aromatic rings. The number of rotatable bonds is 4. The lowest BCUT2D eigenvalue weighted by molar-refractivity contribution is 0.480. The zero-order valence-electron chi connectivity index (χ0n) is 10.9. The molecular weight excluding hydrogens is 248 g/mol. The van der Waals surface area contributed by atoms with Crippen molar-refractivity contribution in [3.63, 3.8) is 0 Å². The van der Waals surface area contributed by atoms with Crippen molar-refractivity contribution in [3.05, 3.63) is 29.8 Å². The number of aryl methyl sites for hydroxylation is 1. The molecule has 1 atom stereocenters. The molecule has 0 saturated carbocycles. The average molecular weight is 268 g/mol. The summed E-state index contributed by atoms with van der Waals surface area (Å²) in [6, 6.07) is 8.50. The van der Waals surface area contributed by atoms with Crippen LogP contribution >= 0.6 is 0 Å². The number of nitrogens with zero attached hydrogens (tertiary/aromatic N) is 1. The van der Waals surface area contributed by atoms with Crippen LogP contribution in [0.15, 0.2) is 24.3 Å². The third kappa shape index (κ3) is 3.23. The van der Waals surface area contributed by atoms with Gasteiger partial charge in [0.15, 0.2) is 0 Å². The van der Waals surface area contributed by atoms with E-state index in [0.29, 0.717) is 13.1 Å². The Morgan fingerprint density at radius 2 is 2.22 bits per heavy atom. The van der Waals surface area contributed by atoms with Crippen molar-refractivity contribution in [1.29, 1.82) is 0 Å². The molecule has 1 heterocycles.